The molecule has 3 aromatic carbocycles. The van der Waals surface area contributed by atoms with Crippen LogP contribution in [0, 0.1) is 0 Å². The van der Waals surface area contributed by atoms with E-state index >= 15 is 0 Å². The normalized spacial score (nSPS) is 11.5. The van der Waals surface area contributed by atoms with Gasteiger partial charge in [-0.15, -0.1) is 0 Å². The SMILES string of the molecule is CC(=O)c1ccc2c(c1)C(=O)c1cc(C(=O)OC(=O)c3ccccc3)ccc1-2. The summed E-state index contributed by atoms with van der Waals surface area (Å²) < 4.78 is 4.91. The van der Waals surface area contributed by atoms with Gasteiger partial charge in [0.1, 0.15) is 0 Å². The summed E-state index contributed by atoms with van der Waals surface area (Å²) in [6.45, 7) is 1.44. The van der Waals surface area contributed by atoms with Crippen molar-refractivity contribution in [1.82, 2.24) is 0 Å². The molecule has 0 radical (unpaired) electrons. The lowest BCUT2D eigenvalue weighted by Crippen LogP contribution is -2.13. The van der Waals surface area contributed by atoms with Crippen molar-refractivity contribution in [1.29, 1.82) is 0 Å². The number of ether oxygens (including phenoxy) is 1. The van der Waals surface area contributed by atoms with Gasteiger partial charge in [-0.3, -0.25) is 9.59 Å². The average molecular weight is 370 g/mol. The number of Topliss-reactive ketones (excluding diaryl/α,β-unsaturated/α-hetero) is 1. The molecule has 0 atom stereocenters. The Bertz CT molecular complexity index is 1160. The van der Waals surface area contributed by atoms with Gasteiger partial charge in [-0.1, -0.05) is 36.4 Å². The summed E-state index contributed by atoms with van der Waals surface area (Å²) in [5, 5.41) is 0. The highest BCUT2D eigenvalue weighted by molar-refractivity contribution is 6.23. The van der Waals surface area contributed by atoms with E-state index in [4.69, 9.17) is 4.74 Å². The molecular formula is C23H14O5. The minimum Gasteiger partial charge on any atom is -0.386 e. The number of fused-ring (bicyclic) bond motifs is 3. The molecule has 0 N–H and O–H groups in total. The first kappa shape index (κ1) is 17.5. The monoisotopic (exact) mass is 370 g/mol. The fourth-order valence-corrected chi connectivity index (χ4v) is 3.20. The van der Waals surface area contributed by atoms with E-state index in [2.05, 4.69) is 0 Å². The summed E-state index contributed by atoms with van der Waals surface area (Å²) in [6, 6.07) is 17.7. The van der Waals surface area contributed by atoms with Crippen LogP contribution >= 0.6 is 0 Å². The lowest BCUT2D eigenvalue weighted by Gasteiger charge is -2.05. The molecule has 0 saturated heterocycles. The van der Waals surface area contributed by atoms with Crippen molar-refractivity contribution in [2.24, 2.45) is 0 Å². The maximum atomic E-state index is 12.8. The molecule has 136 valence electrons. The molecule has 3 aromatic rings. The third-order valence-corrected chi connectivity index (χ3v) is 4.66. The van der Waals surface area contributed by atoms with Gasteiger partial charge in [0, 0.05) is 16.7 Å². The van der Waals surface area contributed by atoms with E-state index in [1.165, 1.54) is 19.1 Å². The Hall–Kier alpha value is -3.86. The summed E-state index contributed by atoms with van der Waals surface area (Å²) >= 11 is 0. The van der Waals surface area contributed by atoms with Crippen molar-refractivity contribution in [3.05, 3.63) is 94.5 Å². The van der Waals surface area contributed by atoms with Gasteiger partial charge < -0.3 is 4.74 Å². The van der Waals surface area contributed by atoms with Gasteiger partial charge in [0.25, 0.3) is 0 Å². The predicted molar refractivity (Wildman–Crippen MR) is 102 cm³/mol. The lowest BCUT2D eigenvalue weighted by molar-refractivity contribution is 0.0397. The molecule has 0 amide bonds. The number of carbonyl (C=O) groups excluding carboxylic acids is 4. The summed E-state index contributed by atoms with van der Waals surface area (Å²) in [6.07, 6.45) is 0. The molecule has 4 rings (SSSR count). The zero-order valence-electron chi connectivity index (χ0n) is 14.9. The van der Waals surface area contributed by atoms with Gasteiger partial charge in [-0.2, -0.15) is 0 Å². The minimum absolute atomic E-state index is 0.107. The van der Waals surface area contributed by atoms with Gasteiger partial charge >= 0.3 is 11.9 Å². The standard InChI is InChI=1S/C23H14O5/c1-13(24)15-7-9-17-18-10-8-16(12-20(18)21(25)19(17)11-15)23(27)28-22(26)14-5-3-2-4-6-14/h2-12H,1H3. The Morgan fingerprint density at radius 3 is 1.79 bits per heavy atom. The van der Waals surface area contributed by atoms with Crippen LogP contribution in [0.3, 0.4) is 0 Å². The number of hydrogen-bond donors (Lipinski definition) is 0. The molecule has 1 aliphatic carbocycles. The third-order valence-electron chi connectivity index (χ3n) is 4.66. The van der Waals surface area contributed by atoms with Gasteiger partial charge in [-0.25, -0.2) is 9.59 Å². The third kappa shape index (κ3) is 2.93. The Kier molecular flexibility index (Phi) is 4.20. The summed E-state index contributed by atoms with van der Waals surface area (Å²) in [5.74, 6) is -1.98. The van der Waals surface area contributed by atoms with E-state index in [9.17, 15) is 19.2 Å². The zero-order valence-corrected chi connectivity index (χ0v) is 14.9. The molecular weight excluding hydrogens is 356 g/mol. The zero-order chi connectivity index (χ0) is 19.8. The number of benzene rings is 3. The number of ketones is 2. The number of carbonyl (C=O) groups is 4. The second-order valence-electron chi connectivity index (χ2n) is 6.45. The summed E-state index contributed by atoms with van der Waals surface area (Å²) in [5.41, 5.74) is 2.98. The Morgan fingerprint density at radius 1 is 0.643 bits per heavy atom. The first-order chi connectivity index (χ1) is 13.5. The molecule has 0 bridgehead atoms. The summed E-state index contributed by atoms with van der Waals surface area (Å²) in [4.78, 5) is 48.8. The number of hydrogen-bond acceptors (Lipinski definition) is 5. The van der Waals surface area contributed by atoms with E-state index in [-0.39, 0.29) is 22.7 Å². The number of rotatable bonds is 3. The molecule has 0 aliphatic heterocycles. The van der Waals surface area contributed by atoms with Crippen LogP contribution in [-0.2, 0) is 4.74 Å². The Morgan fingerprint density at radius 2 is 1.18 bits per heavy atom. The Balaban J connectivity index is 1.63. The molecule has 1 aliphatic rings. The van der Waals surface area contributed by atoms with Crippen molar-refractivity contribution < 1.29 is 23.9 Å². The van der Waals surface area contributed by atoms with Crippen LogP contribution in [0.1, 0.15) is 53.9 Å². The van der Waals surface area contributed by atoms with E-state index in [0.29, 0.717) is 27.8 Å². The molecule has 0 spiro atoms. The molecule has 0 fully saturated rings. The van der Waals surface area contributed by atoms with Crippen molar-refractivity contribution in [3.63, 3.8) is 0 Å². The fourth-order valence-electron chi connectivity index (χ4n) is 3.20. The van der Waals surface area contributed by atoms with Crippen LogP contribution < -0.4 is 0 Å². The van der Waals surface area contributed by atoms with Crippen molar-refractivity contribution in [2.75, 3.05) is 0 Å². The van der Waals surface area contributed by atoms with E-state index < -0.39 is 11.9 Å². The van der Waals surface area contributed by atoms with Crippen LogP contribution in [-0.4, -0.2) is 23.5 Å². The van der Waals surface area contributed by atoms with E-state index in [1.54, 1.807) is 54.6 Å². The second-order valence-corrected chi connectivity index (χ2v) is 6.45. The average Bonchev–Trinajstić information content (AvgIpc) is 3.00. The lowest BCUT2D eigenvalue weighted by atomic mass is 10.0. The van der Waals surface area contributed by atoms with Crippen molar-refractivity contribution >= 4 is 23.5 Å². The summed E-state index contributed by atoms with van der Waals surface area (Å²) in [7, 11) is 0. The van der Waals surface area contributed by atoms with Crippen LogP contribution in [0.2, 0.25) is 0 Å². The molecule has 0 heterocycles. The van der Waals surface area contributed by atoms with Crippen LogP contribution in [0.25, 0.3) is 11.1 Å². The number of esters is 2. The molecule has 28 heavy (non-hydrogen) atoms. The van der Waals surface area contributed by atoms with Crippen LogP contribution in [0.4, 0.5) is 0 Å². The van der Waals surface area contributed by atoms with Gasteiger partial charge in [0.15, 0.2) is 11.6 Å². The van der Waals surface area contributed by atoms with Crippen LogP contribution in [0.15, 0.2) is 66.7 Å². The topological polar surface area (TPSA) is 77.5 Å². The van der Waals surface area contributed by atoms with Crippen LogP contribution in [0.5, 0.6) is 0 Å². The first-order valence-corrected chi connectivity index (χ1v) is 8.61. The maximum Gasteiger partial charge on any atom is 0.346 e. The first-order valence-electron chi connectivity index (χ1n) is 8.61. The van der Waals surface area contributed by atoms with Gasteiger partial charge in [0.2, 0.25) is 0 Å². The molecule has 5 heteroatoms. The predicted octanol–water partition coefficient (Wildman–Crippen LogP) is 4.10. The minimum atomic E-state index is -0.829. The maximum absolute atomic E-state index is 12.8. The molecule has 0 saturated carbocycles. The second kappa shape index (κ2) is 6.70. The van der Waals surface area contributed by atoms with Gasteiger partial charge in [-0.05, 0) is 48.4 Å². The molecule has 5 nitrogen and oxygen atoms in total. The van der Waals surface area contributed by atoms with E-state index in [0.717, 1.165) is 0 Å². The largest absolute Gasteiger partial charge is 0.386 e. The van der Waals surface area contributed by atoms with Crippen molar-refractivity contribution in [2.45, 2.75) is 6.92 Å². The Labute approximate surface area is 160 Å². The highest BCUT2D eigenvalue weighted by Crippen LogP contribution is 2.37. The highest BCUT2D eigenvalue weighted by atomic mass is 16.6. The van der Waals surface area contributed by atoms with Gasteiger partial charge in [0.05, 0.1) is 11.1 Å². The molecule has 0 aromatic heterocycles. The highest BCUT2D eigenvalue weighted by Gasteiger charge is 2.28. The van der Waals surface area contributed by atoms with E-state index in [1.807, 2.05) is 0 Å². The van der Waals surface area contributed by atoms with Crippen molar-refractivity contribution in [3.8, 4) is 11.1 Å². The fraction of sp³-hybridized carbons (Fsp3) is 0.0435. The molecule has 0 unspecified atom stereocenters. The smallest absolute Gasteiger partial charge is 0.346 e. The quantitative estimate of drug-likeness (QED) is 0.308.